The second-order valence-electron chi connectivity index (χ2n) is 2.56. The highest BCUT2D eigenvalue weighted by Gasteiger charge is 2.20. The molecule has 0 aliphatic carbocycles. The topological polar surface area (TPSA) is 62.0 Å². The van der Waals surface area contributed by atoms with E-state index in [9.17, 15) is 9.59 Å². The van der Waals surface area contributed by atoms with Gasteiger partial charge in [0.25, 0.3) is 5.56 Å². The molecule has 5 heteroatoms. The number of hydrogen-bond acceptors (Lipinski definition) is 2. The summed E-state index contributed by atoms with van der Waals surface area (Å²) in [5.41, 5.74) is 0.709. The second kappa shape index (κ2) is 2.58. The van der Waals surface area contributed by atoms with Crippen LogP contribution in [0.2, 0.25) is 0 Å². The van der Waals surface area contributed by atoms with Crippen molar-refractivity contribution in [3.8, 4) is 0 Å². The van der Waals surface area contributed by atoms with Crippen LogP contribution < -0.4 is 10.9 Å². The Morgan fingerprint density at radius 3 is 2.92 bits per heavy atom. The Hall–Kier alpha value is -0.850. The van der Waals surface area contributed by atoms with Crippen LogP contribution in [0.15, 0.2) is 10.9 Å². The fourth-order valence-electron chi connectivity index (χ4n) is 1.18. The molecule has 0 bridgehead atoms. The standard InChI is InChI=1S/C7H5IN2O2/c8-4-2-6(12)10-7-3(4)1-5(11)9-7/h2H,1H2,(H2,9,10,11,12). The van der Waals surface area contributed by atoms with Crippen LogP contribution >= 0.6 is 22.6 Å². The van der Waals surface area contributed by atoms with E-state index < -0.39 is 0 Å². The quantitative estimate of drug-likeness (QED) is 0.677. The van der Waals surface area contributed by atoms with Crippen molar-refractivity contribution >= 4 is 34.3 Å². The van der Waals surface area contributed by atoms with E-state index in [0.717, 1.165) is 9.13 Å². The van der Waals surface area contributed by atoms with E-state index in [1.165, 1.54) is 6.07 Å². The lowest BCUT2D eigenvalue weighted by atomic mass is 10.2. The molecule has 0 unspecified atom stereocenters. The molecule has 0 fully saturated rings. The average Bonchev–Trinajstić information content (AvgIpc) is 2.29. The highest BCUT2D eigenvalue weighted by molar-refractivity contribution is 14.1. The molecule has 1 aromatic rings. The molecule has 0 atom stereocenters. The van der Waals surface area contributed by atoms with Crippen LogP contribution in [0.1, 0.15) is 5.56 Å². The van der Waals surface area contributed by atoms with Gasteiger partial charge in [0, 0.05) is 15.2 Å². The smallest absolute Gasteiger partial charge is 0.250 e. The van der Waals surface area contributed by atoms with Gasteiger partial charge in [0.2, 0.25) is 5.91 Å². The number of hydrogen-bond donors (Lipinski definition) is 2. The molecule has 1 amide bonds. The largest absolute Gasteiger partial charge is 0.312 e. The number of aromatic amines is 1. The average molecular weight is 276 g/mol. The van der Waals surface area contributed by atoms with Gasteiger partial charge < -0.3 is 10.3 Å². The van der Waals surface area contributed by atoms with Crippen molar-refractivity contribution in [1.29, 1.82) is 0 Å². The summed E-state index contributed by atoms with van der Waals surface area (Å²) in [7, 11) is 0. The number of fused-ring (bicyclic) bond motifs is 1. The zero-order valence-corrected chi connectivity index (χ0v) is 8.14. The molecule has 2 N–H and O–H groups in total. The normalized spacial score (nSPS) is 14.2. The molecule has 0 radical (unpaired) electrons. The molecule has 1 aliphatic rings. The second-order valence-corrected chi connectivity index (χ2v) is 3.72. The fraction of sp³-hybridized carbons (Fsp3) is 0.143. The van der Waals surface area contributed by atoms with Crippen LogP contribution in [0, 0.1) is 3.57 Å². The predicted octanol–water partition coefficient (Wildman–Crippen LogP) is 0.474. The number of aromatic nitrogens is 1. The van der Waals surface area contributed by atoms with Gasteiger partial charge in [0.15, 0.2) is 0 Å². The maximum atomic E-state index is 10.9. The van der Waals surface area contributed by atoms with Crippen molar-refractivity contribution in [1.82, 2.24) is 4.98 Å². The molecular weight excluding hydrogens is 271 g/mol. The van der Waals surface area contributed by atoms with Gasteiger partial charge in [-0.2, -0.15) is 0 Å². The van der Waals surface area contributed by atoms with Crippen molar-refractivity contribution in [2.24, 2.45) is 0 Å². The molecule has 2 heterocycles. The van der Waals surface area contributed by atoms with Gasteiger partial charge in [-0.25, -0.2) is 0 Å². The maximum absolute atomic E-state index is 10.9. The first-order chi connectivity index (χ1) is 5.66. The molecule has 0 aromatic carbocycles. The molecule has 1 aromatic heterocycles. The summed E-state index contributed by atoms with van der Waals surface area (Å²) >= 11 is 2.05. The number of anilines is 1. The lowest BCUT2D eigenvalue weighted by molar-refractivity contribution is -0.115. The van der Waals surface area contributed by atoms with Crippen LogP contribution in [0.5, 0.6) is 0 Å². The monoisotopic (exact) mass is 276 g/mol. The Balaban J connectivity index is 2.67. The van der Waals surface area contributed by atoms with Crippen molar-refractivity contribution < 1.29 is 4.79 Å². The third-order valence-corrected chi connectivity index (χ3v) is 2.66. The van der Waals surface area contributed by atoms with Crippen molar-refractivity contribution in [2.45, 2.75) is 6.42 Å². The summed E-state index contributed by atoms with van der Waals surface area (Å²) in [6, 6.07) is 1.49. The first-order valence-electron chi connectivity index (χ1n) is 3.38. The molecule has 1 aliphatic heterocycles. The Kier molecular flexibility index (Phi) is 1.67. The van der Waals surface area contributed by atoms with Crippen molar-refractivity contribution in [3.63, 3.8) is 0 Å². The van der Waals surface area contributed by atoms with Crippen LogP contribution in [-0.2, 0) is 11.2 Å². The molecule has 0 spiro atoms. The van der Waals surface area contributed by atoms with Gasteiger partial charge in [-0.15, -0.1) is 0 Å². The van der Waals surface area contributed by atoms with E-state index in [0.29, 0.717) is 12.2 Å². The van der Waals surface area contributed by atoms with E-state index in [4.69, 9.17) is 0 Å². The number of halogens is 1. The summed E-state index contributed by atoms with van der Waals surface area (Å²) in [6.45, 7) is 0. The number of amides is 1. The summed E-state index contributed by atoms with van der Waals surface area (Å²) < 4.78 is 0.838. The number of H-pyrrole nitrogens is 1. The SMILES string of the molecule is O=C1Cc2c(I)cc(=O)[nH]c2N1. The lowest BCUT2D eigenvalue weighted by Gasteiger charge is -1.98. The Bertz CT molecular complexity index is 410. The Morgan fingerprint density at radius 1 is 1.42 bits per heavy atom. The highest BCUT2D eigenvalue weighted by atomic mass is 127. The van der Waals surface area contributed by atoms with Gasteiger partial charge in [-0.1, -0.05) is 0 Å². The minimum atomic E-state index is -0.180. The fourth-order valence-corrected chi connectivity index (χ4v) is 1.92. The van der Waals surface area contributed by atoms with Crippen molar-refractivity contribution in [2.75, 3.05) is 5.32 Å². The minimum absolute atomic E-state index is 0.0650. The van der Waals surface area contributed by atoms with Gasteiger partial charge >= 0.3 is 0 Å². The summed E-state index contributed by atoms with van der Waals surface area (Å²) in [5, 5.41) is 2.58. The molecule has 0 saturated heterocycles. The van der Waals surface area contributed by atoms with E-state index in [-0.39, 0.29) is 11.5 Å². The third kappa shape index (κ3) is 1.13. The zero-order chi connectivity index (χ0) is 8.72. The number of carbonyl (C=O) groups is 1. The van der Waals surface area contributed by atoms with Crippen LogP contribution in [0.25, 0.3) is 0 Å². The van der Waals surface area contributed by atoms with Gasteiger partial charge in [-0.3, -0.25) is 9.59 Å². The number of nitrogens with one attached hydrogen (secondary N) is 2. The number of rotatable bonds is 0. The van der Waals surface area contributed by atoms with E-state index >= 15 is 0 Å². The first kappa shape index (κ1) is 7.78. The molecule has 2 rings (SSSR count). The molecular formula is C7H5IN2O2. The molecule has 62 valence electrons. The van der Waals surface area contributed by atoms with Gasteiger partial charge in [0.05, 0.1) is 6.42 Å². The predicted molar refractivity (Wildman–Crippen MR) is 52.1 cm³/mol. The van der Waals surface area contributed by atoms with E-state index in [1.807, 2.05) is 22.6 Å². The molecule has 12 heavy (non-hydrogen) atoms. The highest BCUT2D eigenvalue weighted by Crippen LogP contribution is 2.22. The molecule has 0 saturated carbocycles. The zero-order valence-electron chi connectivity index (χ0n) is 5.98. The number of carbonyl (C=O) groups excluding carboxylic acids is 1. The van der Waals surface area contributed by atoms with E-state index in [1.54, 1.807) is 0 Å². The van der Waals surface area contributed by atoms with Crippen LogP contribution in [0.3, 0.4) is 0 Å². The summed E-state index contributed by atoms with van der Waals surface area (Å²) in [5.74, 6) is 0.488. The third-order valence-electron chi connectivity index (χ3n) is 1.70. The van der Waals surface area contributed by atoms with Crippen molar-refractivity contribution in [3.05, 3.63) is 25.6 Å². The van der Waals surface area contributed by atoms with Gasteiger partial charge in [0.1, 0.15) is 5.82 Å². The summed E-state index contributed by atoms with van der Waals surface area (Å²) in [4.78, 5) is 24.4. The first-order valence-corrected chi connectivity index (χ1v) is 4.46. The Morgan fingerprint density at radius 2 is 2.17 bits per heavy atom. The van der Waals surface area contributed by atoms with Crippen LogP contribution in [-0.4, -0.2) is 10.9 Å². The van der Waals surface area contributed by atoms with Gasteiger partial charge in [-0.05, 0) is 22.6 Å². The summed E-state index contributed by atoms with van der Waals surface area (Å²) in [6.07, 6.45) is 0.365. The number of pyridine rings is 1. The molecule has 4 nitrogen and oxygen atoms in total. The Labute approximate surface area is 81.5 Å². The van der Waals surface area contributed by atoms with Crippen LogP contribution in [0.4, 0.5) is 5.82 Å². The lowest BCUT2D eigenvalue weighted by Crippen LogP contribution is -2.09. The van der Waals surface area contributed by atoms with E-state index in [2.05, 4.69) is 10.3 Å². The maximum Gasteiger partial charge on any atom is 0.250 e. The minimum Gasteiger partial charge on any atom is -0.312 e.